The van der Waals surface area contributed by atoms with E-state index in [9.17, 15) is 13.2 Å². The largest absolute Gasteiger partial charge is 0.322 e. The lowest BCUT2D eigenvalue weighted by atomic mass is 10.1. The monoisotopic (exact) mass is 394 g/mol. The molecule has 0 aromatic heterocycles. The summed E-state index contributed by atoms with van der Waals surface area (Å²) in [5.41, 5.74) is 3.49. The zero-order valence-corrected chi connectivity index (χ0v) is 14.6. The maximum absolute atomic E-state index is 12.4. The van der Waals surface area contributed by atoms with E-state index in [1.165, 1.54) is 29.3 Å². The lowest BCUT2D eigenvalue weighted by molar-refractivity contribution is 0.102. The zero-order valence-electron chi connectivity index (χ0n) is 12.2. The molecule has 0 saturated heterocycles. The van der Waals surface area contributed by atoms with Gasteiger partial charge in [0.1, 0.15) is 0 Å². The first kappa shape index (κ1) is 16.2. The van der Waals surface area contributed by atoms with Crippen molar-refractivity contribution >= 4 is 37.5 Å². The number of nitrogens with one attached hydrogen (secondary N) is 1. The summed E-state index contributed by atoms with van der Waals surface area (Å²) in [6.07, 6.45) is 3.23. The SMILES string of the molecule is NS(=O)(=O)c1ccc(Br)c(C(=O)Nc2ccc3c(c2)CCC3)c1. The number of halogens is 1. The third kappa shape index (κ3) is 3.46. The molecule has 0 saturated carbocycles. The Labute approximate surface area is 143 Å². The van der Waals surface area contributed by atoms with Crippen molar-refractivity contribution in [1.29, 1.82) is 0 Å². The molecule has 0 aliphatic heterocycles. The van der Waals surface area contributed by atoms with Gasteiger partial charge in [-0.25, -0.2) is 13.6 Å². The van der Waals surface area contributed by atoms with Crippen LogP contribution in [0.5, 0.6) is 0 Å². The minimum Gasteiger partial charge on any atom is -0.322 e. The number of nitrogens with two attached hydrogens (primary N) is 1. The summed E-state index contributed by atoms with van der Waals surface area (Å²) < 4.78 is 23.4. The van der Waals surface area contributed by atoms with E-state index in [4.69, 9.17) is 5.14 Å². The van der Waals surface area contributed by atoms with E-state index in [0.29, 0.717) is 10.2 Å². The molecule has 0 heterocycles. The number of fused-ring (bicyclic) bond motifs is 1. The number of hydrogen-bond donors (Lipinski definition) is 2. The Balaban J connectivity index is 1.89. The van der Waals surface area contributed by atoms with Crippen LogP contribution < -0.4 is 10.5 Å². The van der Waals surface area contributed by atoms with Gasteiger partial charge in [0.25, 0.3) is 5.91 Å². The van der Waals surface area contributed by atoms with Crippen molar-refractivity contribution < 1.29 is 13.2 Å². The average molecular weight is 395 g/mol. The van der Waals surface area contributed by atoms with Crippen LogP contribution in [0, 0.1) is 0 Å². The van der Waals surface area contributed by atoms with Gasteiger partial charge in [-0.2, -0.15) is 0 Å². The molecule has 2 aromatic carbocycles. The Kier molecular flexibility index (Phi) is 4.27. The van der Waals surface area contributed by atoms with Gasteiger partial charge in [-0.15, -0.1) is 0 Å². The number of benzene rings is 2. The fourth-order valence-corrected chi connectivity index (χ4v) is 3.67. The van der Waals surface area contributed by atoms with Crippen LogP contribution in [-0.4, -0.2) is 14.3 Å². The topological polar surface area (TPSA) is 89.3 Å². The second kappa shape index (κ2) is 6.07. The molecule has 3 N–H and O–H groups in total. The fraction of sp³-hybridized carbons (Fsp3) is 0.188. The number of carbonyl (C=O) groups is 1. The van der Waals surface area contributed by atoms with E-state index in [0.717, 1.165) is 19.3 Å². The predicted molar refractivity (Wildman–Crippen MR) is 91.9 cm³/mol. The highest BCUT2D eigenvalue weighted by Crippen LogP contribution is 2.26. The molecule has 1 aliphatic carbocycles. The molecule has 2 aromatic rings. The van der Waals surface area contributed by atoms with Crippen molar-refractivity contribution in [2.45, 2.75) is 24.2 Å². The van der Waals surface area contributed by atoms with Crippen LogP contribution >= 0.6 is 15.9 Å². The van der Waals surface area contributed by atoms with E-state index >= 15 is 0 Å². The summed E-state index contributed by atoms with van der Waals surface area (Å²) in [6.45, 7) is 0. The molecule has 1 amide bonds. The zero-order chi connectivity index (χ0) is 16.6. The molecular formula is C16H15BrN2O3S. The van der Waals surface area contributed by atoms with Gasteiger partial charge in [0, 0.05) is 10.2 Å². The summed E-state index contributed by atoms with van der Waals surface area (Å²) in [5, 5.41) is 7.92. The molecule has 0 fully saturated rings. The molecule has 7 heteroatoms. The van der Waals surface area contributed by atoms with Gasteiger partial charge in [0.15, 0.2) is 0 Å². The first-order valence-corrected chi connectivity index (χ1v) is 9.44. The lowest BCUT2D eigenvalue weighted by Crippen LogP contribution is -2.16. The van der Waals surface area contributed by atoms with Crippen molar-refractivity contribution in [2.75, 3.05) is 5.32 Å². The molecule has 120 valence electrons. The van der Waals surface area contributed by atoms with Crippen LogP contribution in [0.3, 0.4) is 0 Å². The summed E-state index contributed by atoms with van der Waals surface area (Å²) in [7, 11) is -3.86. The van der Waals surface area contributed by atoms with Crippen LogP contribution in [-0.2, 0) is 22.9 Å². The number of primary sulfonamides is 1. The Morgan fingerprint density at radius 3 is 2.57 bits per heavy atom. The second-order valence-corrected chi connectivity index (χ2v) is 7.89. The van der Waals surface area contributed by atoms with Crippen molar-refractivity contribution in [3.63, 3.8) is 0 Å². The highest BCUT2D eigenvalue weighted by atomic mass is 79.9. The van der Waals surface area contributed by atoms with Gasteiger partial charge in [0.2, 0.25) is 10.0 Å². The number of rotatable bonds is 3. The van der Waals surface area contributed by atoms with Crippen molar-refractivity contribution in [1.82, 2.24) is 0 Å². The van der Waals surface area contributed by atoms with Gasteiger partial charge < -0.3 is 5.32 Å². The van der Waals surface area contributed by atoms with Gasteiger partial charge in [-0.05, 0) is 76.7 Å². The third-order valence-electron chi connectivity index (χ3n) is 3.87. The molecule has 3 rings (SSSR count). The molecular weight excluding hydrogens is 380 g/mol. The molecule has 0 bridgehead atoms. The maximum Gasteiger partial charge on any atom is 0.256 e. The molecule has 0 unspecified atom stereocenters. The first-order valence-electron chi connectivity index (χ1n) is 7.10. The van der Waals surface area contributed by atoms with Crippen LogP contribution in [0.1, 0.15) is 27.9 Å². The lowest BCUT2D eigenvalue weighted by Gasteiger charge is -2.10. The average Bonchev–Trinajstić information content (AvgIpc) is 2.93. The number of amides is 1. The smallest absolute Gasteiger partial charge is 0.256 e. The van der Waals surface area contributed by atoms with Gasteiger partial charge >= 0.3 is 0 Å². The number of hydrogen-bond acceptors (Lipinski definition) is 3. The summed E-state index contributed by atoms with van der Waals surface area (Å²) in [6, 6.07) is 9.97. The maximum atomic E-state index is 12.4. The Morgan fingerprint density at radius 1 is 1.09 bits per heavy atom. The van der Waals surface area contributed by atoms with Crippen molar-refractivity contribution in [2.24, 2.45) is 5.14 Å². The summed E-state index contributed by atoms with van der Waals surface area (Å²) >= 11 is 3.26. The van der Waals surface area contributed by atoms with Gasteiger partial charge in [-0.3, -0.25) is 4.79 Å². The van der Waals surface area contributed by atoms with Crippen LogP contribution in [0.2, 0.25) is 0 Å². The molecule has 0 spiro atoms. The van der Waals surface area contributed by atoms with Gasteiger partial charge in [0.05, 0.1) is 10.5 Å². The highest BCUT2D eigenvalue weighted by molar-refractivity contribution is 9.10. The van der Waals surface area contributed by atoms with E-state index in [1.54, 1.807) is 0 Å². The molecule has 1 aliphatic rings. The molecule has 23 heavy (non-hydrogen) atoms. The number of aryl methyl sites for hydroxylation is 2. The normalized spacial score (nSPS) is 13.7. The van der Waals surface area contributed by atoms with Gasteiger partial charge in [-0.1, -0.05) is 6.07 Å². The quantitative estimate of drug-likeness (QED) is 0.838. The predicted octanol–water partition coefficient (Wildman–Crippen LogP) is 2.84. The van der Waals surface area contributed by atoms with Crippen LogP contribution in [0.25, 0.3) is 0 Å². The molecule has 5 nitrogen and oxygen atoms in total. The highest BCUT2D eigenvalue weighted by Gasteiger charge is 2.17. The number of carbonyl (C=O) groups excluding carboxylic acids is 1. The molecule has 0 radical (unpaired) electrons. The Hall–Kier alpha value is -1.70. The molecule has 0 atom stereocenters. The van der Waals surface area contributed by atoms with E-state index in [1.807, 2.05) is 18.2 Å². The minimum absolute atomic E-state index is 0.0974. The Morgan fingerprint density at radius 2 is 1.83 bits per heavy atom. The first-order chi connectivity index (χ1) is 10.8. The van der Waals surface area contributed by atoms with E-state index < -0.39 is 10.0 Å². The fourth-order valence-electron chi connectivity index (χ4n) is 2.70. The Bertz CT molecular complexity index is 894. The van der Waals surface area contributed by atoms with Crippen LogP contribution in [0.15, 0.2) is 45.8 Å². The van der Waals surface area contributed by atoms with E-state index in [2.05, 4.69) is 21.2 Å². The van der Waals surface area contributed by atoms with E-state index in [-0.39, 0.29) is 16.4 Å². The number of sulfonamides is 1. The van der Waals surface area contributed by atoms with Crippen LogP contribution in [0.4, 0.5) is 5.69 Å². The third-order valence-corrected chi connectivity index (χ3v) is 5.47. The van der Waals surface area contributed by atoms with Crippen molar-refractivity contribution in [3.8, 4) is 0 Å². The minimum atomic E-state index is -3.86. The second-order valence-electron chi connectivity index (χ2n) is 5.48. The standard InChI is InChI=1S/C16H15BrN2O3S/c17-15-7-6-13(23(18,21)22)9-14(15)16(20)19-12-5-4-10-2-1-3-11(10)8-12/h4-9H,1-3H2,(H,19,20)(H2,18,21,22). The summed E-state index contributed by atoms with van der Waals surface area (Å²) in [4.78, 5) is 12.3. The number of anilines is 1. The summed E-state index contributed by atoms with van der Waals surface area (Å²) in [5.74, 6) is -0.389. The van der Waals surface area contributed by atoms with Crippen molar-refractivity contribution in [3.05, 3.63) is 57.6 Å².